The Bertz CT molecular complexity index is 266. The number of unbranched alkanes of at least 4 members (excludes halogenated alkanes) is 6. The molecule has 0 spiro atoms. The van der Waals surface area contributed by atoms with Crippen molar-refractivity contribution in [3.8, 4) is 0 Å². The molecule has 0 saturated carbocycles. The maximum atomic E-state index is 11.4. The summed E-state index contributed by atoms with van der Waals surface area (Å²) >= 11 is 0. The predicted octanol–water partition coefficient (Wildman–Crippen LogP) is 4.34. The maximum Gasteiger partial charge on any atom is 0.407 e. The summed E-state index contributed by atoms with van der Waals surface area (Å²) in [6.07, 6.45) is 13.3. The van der Waals surface area contributed by atoms with Crippen molar-refractivity contribution in [3.63, 3.8) is 0 Å². The third kappa shape index (κ3) is 10.9. The average molecular weight is 312 g/mol. The van der Waals surface area contributed by atoms with E-state index in [2.05, 4.69) is 17.1 Å². The van der Waals surface area contributed by atoms with E-state index in [0.717, 1.165) is 25.8 Å². The molecule has 0 aromatic carbocycles. The number of nitrogens with zero attached hydrogens (tertiary/aromatic N) is 1. The molecule has 4 nitrogen and oxygen atoms in total. The van der Waals surface area contributed by atoms with E-state index in [-0.39, 0.29) is 6.09 Å². The van der Waals surface area contributed by atoms with Gasteiger partial charge in [-0.25, -0.2) is 4.79 Å². The number of piperidine rings is 1. The van der Waals surface area contributed by atoms with E-state index >= 15 is 0 Å². The molecular formula is C18H36N2O2. The van der Waals surface area contributed by atoms with Crippen LogP contribution in [0.25, 0.3) is 0 Å². The topological polar surface area (TPSA) is 41.6 Å². The minimum Gasteiger partial charge on any atom is -0.450 e. The highest BCUT2D eigenvalue weighted by Gasteiger charge is 2.08. The molecule has 1 aliphatic heterocycles. The summed E-state index contributed by atoms with van der Waals surface area (Å²) in [7, 11) is 0. The third-order valence-corrected chi connectivity index (χ3v) is 4.35. The molecule has 0 aliphatic carbocycles. The molecule has 1 amide bonds. The number of amides is 1. The molecule has 0 aromatic rings. The van der Waals surface area contributed by atoms with Gasteiger partial charge >= 0.3 is 6.09 Å². The molecule has 1 saturated heterocycles. The van der Waals surface area contributed by atoms with Crippen molar-refractivity contribution in [2.45, 2.75) is 77.6 Å². The second-order valence-corrected chi connectivity index (χ2v) is 6.44. The first kappa shape index (κ1) is 19.3. The first-order valence-electron chi connectivity index (χ1n) is 9.46. The number of nitrogens with one attached hydrogen (secondary N) is 1. The average Bonchev–Trinajstić information content (AvgIpc) is 2.55. The van der Waals surface area contributed by atoms with Crippen LogP contribution >= 0.6 is 0 Å². The fourth-order valence-corrected chi connectivity index (χ4v) is 2.93. The Morgan fingerprint density at radius 3 is 2.45 bits per heavy atom. The lowest BCUT2D eigenvalue weighted by molar-refractivity contribution is 0.143. The fourth-order valence-electron chi connectivity index (χ4n) is 2.93. The van der Waals surface area contributed by atoms with E-state index in [9.17, 15) is 4.79 Å². The molecular weight excluding hydrogens is 276 g/mol. The largest absolute Gasteiger partial charge is 0.450 e. The van der Waals surface area contributed by atoms with Crippen LogP contribution in [-0.4, -0.2) is 43.8 Å². The lowest BCUT2D eigenvalue weighted by Crippen LogP contribution is -2.30. The first-order valence-corrected chi connectivity index (χ1v) is 9.46. The standard InChI is InChI=1S/C18H36N2O2/c1-2-3-4-8-13-19-18(21)22-17-12-6-5-9-14-20-15-10-7-11-16-20/h2-17H2,1H3,(H,19,21). The number of carbonyl (C=O) groups excluding carboxylic acids is 1. The minimum absolute atomic E-state index is 0.246. The molecule has 1 fully saturated rings. The first-order chi connectivity index (χ1) is 10.8. The summed E-state index contributed by atoms with van der Waals surface area (Å²) in [6.45, 7) is 7.33. The van der Waals surface area contributed by atoms with Gasteiger partial charge in [-0.1, -0.05) is 45.4 Å². The van der Waals surface area contributed by atoms with Crippen LogP contribution in [-0.2, 0) is 4.74 Å². The maximum absolute atomic E-state index is 11.4. The molecule has 1 N–H and O–H groups in total. The zero-order valence-electron chi connectivity index (χ0n) is 14.6. The minimum atomic E-state index is -0.246. The number of rotatable bonds is 12. The van der Waals surface area contributed by atoms with E-state index in [1.54, 1.807) is 0 Å². The van der Waals surface area contributed by atoms with Crippen LogP contribution in [0.4, 0.5) is 4.79 Å². The van der Waals surface area contributed by atoms with Crippen LogP contribution in [0.2, 0.25) is 0 Å². The third-order valence-electron chi connectivity index (χ3n) is 4.35. The number of likely N-dealkylation sites (tertiary alicyclic amines) is 1. The number of carbonyl (C=O) groups is 1. The van der Waals surface area contributed by atoms with E-state index in [0.29, 0.717) is 6.61 Å². The van der Waals surface area contributed by atoms with Crippen molar-refractivity contribution in [1.29, 1.82) is 0 Å². The molecule has 0 aromatic heterocycles. The Morgan fingerprint density at radius 1 is 0.955 bits per heavy atom. The summed E-state index contributed by atoms with van der Waals surface area (Å²) in [6, 6.07) is 0. The predicted molar refractivity (Wildman–Crippen MR) is 92.3 cm³/mol. The zero-order chi connectivity index (χ0) is 15.9. The van der Waals surface area contributed by atoms with Crippen molar-refractivity contribution >= 4 is 6.09 Å². The van der Waals surface area contributed by atoms with Gasteiger partial charge in [0.25, 0.3) is 0 Å². The molecule has 1 heterocycles. The zero-order valence-corrected chi connectivity index (χ0v) is 14.6. The monoisotopic (exact) mass is 312 g/mol. The number of hydrogen-bond donors (Lipinski definition) is 1. The molecule has 0 radical (unpaired) electrons. The molecule has 4 heteroatoms. The molecule has 0 unspecified atom stereocenters. The molecule has 130 valence electrons. The Morgan fingerprint density at radius 2 is 1.68 bits per heavy atom. The van der Waals surface area contributed by atoms with Crippen molar-refractivity contribution in [1.82, 2.24) is 10.2 Å². The van der Waals surface area contributed by atoms with Crippen molar-refractivity contribution in [2.75, 3.05) is 32.8 Å². The highest BCUT2D eigenvalue weighted by molar-refractivity contribution is 5.66. The highest BCUT2D eigenvalue weighted by atomic mass is 16.5. The highest BCUT2D eigenvalue weighted by Crippen LogP contribution is 2.10. The molecule has 22 heavy (non-hydrogen) atoms. The Labute approximate surface area is 137 Å². The summed E-state index contributed by atoms with van der Waals surface area (Å²) in [5.41, 5.74) is 0. The quantitative estimate of drug-likeness (QED) is 0.545. The van der Waals surface area contributed by atoms with Gasteiger partial charge in [0.1, 0.15) is 0 Å². The smallest absolute Gasteiger partial charge is 0.407 e. The Kier molecular flexibility index (Phi) is 12.1. The van der Waals surface area contributed by atoms with Gasteiger partial charge in [0.15, 0.2) is 0 Å². The van der Waals surface area contributed by atoms with Crippen LogP contribution in [0.15, 0.2) is 0 Å². The second kappa shape index (κ2) is 13.9. The van der Waals surface area contributed by atoms with E-state index < -0.39 is 0 Å². The lowest BCUT2D eigenvalue weighted by Gasteiger charge is -2.26. The van der Waals surface area contributed by atoms with Crippen molar-refractivity contribution < 1.29 is 9.53 Å². The normalized spacial score (nSPS) is 15.7. The lowest BCUT2D eigenvalue weighted by atomic mass is 10.1. The molecule has 0 atom stereocenters. The summed E-state index contributed by atoms with van der Waals surface area (Å²) in [5.74, 6) is 0. The van der Waals surface area contributed by atoms with Crippen molar-refractivity contribution in [3.05, 3.63) is 0 Å². The number of ether oxygens (including phenoxy) is 1. The van der Waals surface area contributed by atoms with Gasteiger partial charge in [0, 0.05) is 6.54 Å². The van der Waals surface area contributed by atoms with E-state index in [1.807, 2.05) is 0 Å². The van der Waals surface area contributed by atoms with Gasteiger partial charge in [-0.2, -0.15) is 0 Å². The SMILES string of the molecule is CCCCCCNC(=O)OCCCCCCN1CCCCC1. The van der Waals surface area contributed by atoms with Crippen LogP contribution < -0.4 is 5.32 Å². The van der Waals surface area contributed by atoms with Gasteiger partial charge in [-0.15, -0.1) is 0 Å². The Hall–Kier alpha value is -0.770. The van der Waals surface area contributed by atoms with Gasteiger partial charge in [0.05, 0.1) is 6.61 Å². The summed E-state index contributed by atoms with van der Waals surface area (Å²) in [4.78, 5) is 14.0. The fraction of sp³-hybridized carbons (Fsp3) is 0.944. The van der Waals surface area contributed by atoms with Gasteiger partial charge in [-0.3, -0.25) is 0 Å². The summed E-state index contributed by atoms with van der Waals surface area (Å²) < 4.78 is 5.18. The van der Waals surface area contributed by atoms with Gasteiger partial charge in [-0.05, 0) is 51.7 Å². The van der Waals surface area contributed by atoms with Crippen LogP contribution in [0.1, 0.15) is 77.6 Å². The molecule has 1 rings (SSSR count). The van der Waals surface area contributed by atoms with E-state index in [4.69, 9.17) is 4.74 Å². The van der Waals surface area contributed by atoms with Crippen LogP contribution in [0.5, 0.6) is 0 Å². The summed E-state index contributed by atoms with van der Waals surface area (Å²) in [5, 5.41) is 2.82. The van der Waals surface area contributed by atoms with Gasteiger partial charge in [0.2, 0.25) is 0 Å². The van der Waals surface area contributed by atoms with Crippen molar-refractivity contribution in [2.24, 2.45) is 0 Å². The van der Waals surface area contributed by atoms with Gasteiger partial charge < -0.3 is 15.0 Å². The second-order valence-electron chi connectivity index (χ2n) is 6.44. The number of alkyl carbamates (subject to hydrolysis) is 1. The molecule has 0 bridgehead atoms. The van der Waals surface area contributed by atoms with Crippen LogP contribution in [0.3, 0.4) is 0 Å². The Balaban J connectivity index is 1.79. The number of hydrogen-bond acceptors (Lipinski definition) is 3. The van der Waals surface area contributed by atoms with Crippen LogP contribution in [0, 0.1) is 0 Å². The van der Waals surface area contributed by atoms with E-state index in [1.165, 1.54) is 71.0 Å². The molecule has 1 aliphatic rings.